The van der Waals surface area contributed by atoms with Gasteiger partial charge in [-0.05, 0) is 207 Å². The number of carboxylic acids is 1. The molecule has 4 aliphatic carbocycles. The molecule has 7 heterocycles. The van der Waals surface area contributed by atoms with Crippen molar-refractivity contribution in [3.8, 4) is 86.2 Å². The standard InChI is InChI=1S/C25H25F2N3O4.C25H23N3O4.C22H21N3O3.C21H20F2N4O2/c1-33-14-24(31)30-8-7-23(21(27)13-30)34-22-6-5-16(9-17(22)12-28)15-3-2-4-18(10-15)29-25(32)19-11-20(19)26;26-15-18-12-16(3-4-22(18)32-19-6-10-30-11-7-19)17-5-8-27-24(13-17)28-25(29)21-14-20(21)23-2-1-9-31-23;23-13-17-11-16(8-9-19(17)25-10-2-5-20(25)22(27)28)15-3-1-4-18(12-15)24-21(26)14-6-7-14;22-21(23)12-25-7-6-19(21)29-18-4-3-14(9-15(18)11-24)17-10-16(5-8-26-17)27-20(28)13-1-2-13/h2-6,9-10,19-21,23H,7-8,11,13-14H2,1H3,(H,29,32);1-5,8-9,12-13,19-21H,6-7,10-11,14H2,(H,27,28,29);1,3-4,8-9,11-12,14,20H,2,5-7,10H2,(H,24,26)(H,27,28);3-5,8-10,13,19,25H,1-2,6-7,12H2,(H,26,27,28)/t19-,20-,21+,23-;;20-;19-/m0.00/s1. The zero-order valence-electron chi connectivity index (χ0n) is 67.2. The summed E-state index contributed by atoms with van der Waals surface area (Å²) in [4.78, 5) is 83.8. The molecule has 0 radical (unpaired) electrons. The van der Waals surface area contributed by atoms with E-state index in [0.29, 0.717) is 102 Å². The van der Waals surface area contributed by atoms with Crippen molar-refractivity contribution in [3.63, 3.8) is 0 Å². The summed E-state index contributed by atoms with van der Waals surface area (Å²) in [7, 11) is 1.41. The van der Waals surface area contributed by atoms with Gasteiger partial charge in [0.05, 0.1) is 72.1 Å². The van der Waals surface area contributed by atoms with E-state index < -0.39 is 54.9 Å². The lowest BCUT2D eigenvalue weighted by Gasteiger charge is -2.34. The average molecular weight is 1670 g/mol. The fourth-order valence-corrected chi connectivity index (χ4v) is 15.0. The number of nitriles is 4. The summed E-state index contributed by atoms with van der Waals surface area (Å²) < 4.78 is 88.8. The molecule has 123 heavy (non-hydrogen) atoms. The maximum Gasteiger partial charge on any atom is 0.326 e. The van der Waals surface area contributed by atoms with Crippen LogP contribution in [-0.2, 0) is 38.2 Å². The predicted molar refractivity (Wildman–Crippen MR) is 446 cm³/mol. The van der Waals surface area contributed by atoms with Crippen LogP contribution in [0.2, 0.25) is 0 Å². The van der Waals surface area contributed by atoms with Crippen molar-refractivity contribution >= 4 is 64.1 Å². The van der Waals surface area contributed by atoms with Crippen molar-refractivity contribution in [1.29, 1.82) is 21.0 Å². The number of benzene rings is 6. The van der Waals surface area contributed by atoms with Crippen LogP contribution >= 0.6 is 0 Å². The van der Waals surface area contributed by atoms with Crippen LogP contribution in [0.5, 0.6) is 17.2 Å². The lowest BCUT2D eigenvalue weighted by Crippen LogP contribution is -2.52. The fraction of sp³-hybridized carbons (Fsp3) is 0.355. The molecule has 8 atom stereocenters. The van der Waals surface area contributed by atoms with E-state index in [0.717, 1.165) is 90.6 Å². The van der Waals surface area contributed by atoms with Gasteiger partial charge < -0.3 is 69.6 Å². The molecule has 8 aliphatic rings. The number of amides is 5. The van der Waals surface area contributed by atoms with Crippen molar-refractivity contribution < 1.29 is 79.5 Å². The minimum Gasteiger partial charge on any atom is -0.489 e. The van der Waals surface area contributed by atoms with Gasteiger partial charge in [-0.25, -0.2) is 27.3 Å². The van der Waals surface area contributed by atoms with E-state index in [1.165, 1.54) is 18.1 Å². The Hall–Kier alpha value is -13.5. The number of hydrogen-bond acceptors (Lipinski definition) is 20. The monoisotopic (exact) mass is 1670 g/mol. The molecule has 5 amide bonds. The van der Waals surface area contributed by atoms with Gasteiger partial charge in [-0.3, -0.25) is 29.0 Å². The number of aliphatic carboxylic acids is 1. The second-order valence-corrected chi connectivity index (χ2v) is 31.3. The van der Waals surface area contributed by atoms with Crippen molar-refractivity contribution in [2.45, 2.75) is 126 Å². The third kappa shape index (κ3) is 22.2. The SMILES string of the molecule is COCC(=O)N1CC[C@H](Oc2ccc(-c3cccc(NC(=O)[C@H]4C[C@@H]4F)c3)cc2C#N)[C@H](F)C1.N#Cc1cc(-c2cc(NC(=O)C3CC3)ccn2)ccc1O[C@H]1CCNCC1(F)F.N#Cc1cc(-c2cccc(NC(=O)C3CC3)c2)ccc1N1CCC[C@H]1C(=O)O.N#Cc1cc(-c2ccnc(NC(=O)C3CC3c3ccco3)c2)ccc1OC1CCOCC1. The highest BCUT2D eigenvalue weighted by Crippen LogP contribution is 2.48. The van der Waals surface area contributed by atoms with Gasteiger partial charge in [0.25, 0.3) is 5.92 Å². The lowest BCUT2D eigenvalue weighted by atomic mass is 10.0. The highest BCUT2D eigenvalue weighted by atomic mass is 19.3. The molecule has 4 saturated carbocycles. The van der Waals surface area contributed by atoms with E-state index in [4.69, 9.17) is 28.1 Å². The summed E-state index contributed by atoms with van der Waals surface area (Å²) in [6.07, 6.45) is 8.64. The van der Waals surface area contributed by atoms with Gasteiger partial charge in [0.15, 0.2) is 12.3 Å². The number of carboxylic acid groups (broad SMARTS) is 1. The lowest BCUT2D eigenvalue weighted by molar-refractivity contribution is -0.139. The number of hydrogen-bond donors (Lipinski definition) is 6. The van der Waals surface area contributed by atoms with Crippen LogP contribution < -0.4 is 45.7 Å². The molecule has 17 rings (SSSR count). The van der Waals surface area contributed by atoms with Crippen LogP contribution in [0.25, 0.3) is 44.6 Å². The van der Waals surface area contributed by atoms with Gasteiger partial charge >= 0.3 is 5.97 Å². The number of carbonyl (C=O) groups is 6. The van der Waals surface area contributed by atoms with E-state index >= 15 is 0 Å². The molecule has 0 spiro atoms. The van der Waals surface area contributed by atoms with Crippen molar-refractivity contribution in [1.82, 2.24) is 20.2 Å². The second-order valence-electron chi connectivity index (χ2n) is 31.3. The molecule has 9 aromatic rings. The van der Waals surface area contributed by atoms with E-state index in [1.54, 1.807) is 90.3 Å². The van der Waals surface area contributed by atoms with Gasteiger partial charge in [-0.15, -0.1) is 0 Å². The number of halogens is 4. The summed E-state index contributed by atoms with van der Waals surface area (Å²) in [5.41, 5.74) is 10.0. The Bertz CT molecular complexity index is 5560. The first-order valence-electron chi connectivity index (χ1n) is 40.9. The molecule has 6 aromatic carbocycles. The number of piperidine rings is 2. The Kier molecular flexibility index (Phi) is 27.5. The third-order valence-corrected chi connectivity index (χ3v) is 22.4. The Morgan fingerprint density at radius 2 is 1.12 bits per heavy atom. The molecule has 30 heteroatoms. The molecule has 4 saturated heterocycles. The molecular weight excluding hydrogens is 1580 g/mol. The molecular formula is C93H89F4N13O13. The number of carbonyl (C=O) groups excluding carboxylic acids is 5. The van der Waals surface area contributed by atoms with Crippen molar-refractivity contribution in [2.75, 3.05) is 85.8 Å². The average Bonchev–Trinajstić information content (AvgIpc) is 1.69. The van der Waals surface area contributed by atoms with Crippen LogP contribution in [-0.4, -0.2) is 158 Å². The zero-order valence-corrected chi connectivity index (χ0v) is 67.2. The van der Waals surface area contributed by atoms with Crippen LogP contribution in [0.1, 0.15) is 111 Å². The molecule has 632 valence electrons. The number of aromatic nitrogens is 2. The van der Waals surface area contributed by atoms with Crippen LogP contribution in [0, 0.1) is 69.0 Å². The molecule has 0 bridgehead atoms. The summed E-state index contributed by atoms with van der Waals surface area (Å²) in [6, 6.07) is 54.2. The number of likely N-dealkylation sites (tertiary alicyclic amines) is 1. The summed E-state index contributed by atoms with van der Waals surface area (Å²) in [5.74, 6) is -2.51. The van der Waals surface area contributed by atoms with Gasteiger partial charge in [0, 0.05) is 105 Å². The minimum absolute atomic E-state index is 0.00786. The summed E-state index contributed by atoms with van der Waals surface area (Å²) >= 11 is 0. The van der Waals surface area contributed by atoms with Gasteiger partial charge in [0.2, 0.25) is 29.5 Å². The highest BCUT2D eigenvalue weighted by Gasteiger charge is 2.47. The summed E-state index contributed by atoms with van der Waals surface area (Å²) in [5, 5.41) is 61.9. The van der Waals surface area contributed by atoms with Gasteiger partial charge in [-0.2, -0.15) is 21.0 Å². The molecule has 4 aliphatic heterocycles. The zero-order chi connectivity index (χ0) is 86.3. The number of anilines is 5. The Morgan fingerprint density at radius 1 is 0.561 bits per heavy atom. The molecule has 8 fully saturated rings. The first-order valence-corrected chi connectivity index (χ1v) is 40.9. The maximum absolute atomic E-state index is 14.7. The largest absolute Gasteiger partial charge is 0.489 e. The first-order chi connectivity index (χ1) is 59.6. The predicted octanol–water partition coefficient (Wildman–Crippen LogP) is 15.0. The van der Waals surface area contributed by atoms with Crippen molar-refractivity contribution in [2.24, 2.45) is 23.7 Å². The number of nitrogens with one attached hydrogen (secondary N) is 5. The molecule has 26 nitrogen and oxygen atoms in total. The molecule has 6 N–H and O–H groups in total. The first kappa shape index (κ1) is 85.9. The number of furan rings is 1. The Morgan fingerprint density at radius 3 is 1.71 bits per heavy atom. The van der Waals surface area contributed by atoms with Crippen LogP contribution in [0.3, 0.4) is 0 Å². The molecule has 2 unspecified atom stereocenters. The van der Waals surface area contributed by atoms with Gasteiger partial charge in [0.1, 0.15) is 84.1 Å². The summed E-state index contributed by atoms with van der Waals surface area (Å²) in [6.45, 7) is 2.14. The molecule has 3 aromatic heterocycles. The van der Waals surface area contributed by atoms with E-state index in [-0.39, 0.29) is 108 Å². The minimum atomic E-state index is -3.00. The normalized spacial score (nSPS) is 20.9. The Balaban J connectivity index is 0.000000134. The Labute approximate surface area is 707 Å². The second kappa shape index (κ2) is 39.3. The van der Waals surface area contributed by atoms with Crippen molar-refractivity contribution in [3.05, 3.63) is 204 Å². The number of methoxy groups -OCH3 is 1. The topological polar surface area (TPSA) is 370 Å². The third-order valence-electron chi connectivity index (χ3n) is 22.4. The quantitative estimate of drug-likeness (QED) is 0.0324. The van der Waals surface area contributed by atoms with Crippen LogP contribution in [0.4, 0.5) is 46.1 Å². The maximum atomic E-state index is 14.7. The van der Waals surface area contributed by atoms with E-state index in [2.05, 4.69) is 54.8 Å². The number of rotatable bonds is 23. The van der Waals surface area contributed by atoms with Crippen LogP contribution in [0.15, 0.2) is 181 Å². The number of alkyl halides is 4. The van der Waals surface area contributed by atoms with Gasteiger partial charge in [-0.1, -0.05) is 42.5 Å². The number of nitrogens with zero attached hydrogens (tertiary/aromatic N) is 8. The smallest absolute Gasteiger partial charge is 0.326 e. The number of ether oxygens (including phenoxy) is 5. The number of pyridine rings is 2. The highest BCUT2D eigenvalue weighted by molar-refractivity contribution is 5.97. The van der Waals surface area contributed by atoms with E-state index in [9.17, 15) is 72.5 Å². The van der Waals surface area contributed by atoms with E-state index in [1.807, 2.05) is 91.0 Å². The fourth-order valence-electron chi connectivity index (χ4n) is 15.0.